The maximum absolute atomic E-state index is 12.3. The van der Waals surface area contributed by atoms with E-state index < -0.39 is 9.84 Å². The first-order chi connectivity index (χ1) is 8.65. The van der Waals surface area contributed by atoms with E-state index in [-0.39, 0.29) is 16.0 Å². The number of nitrogens with one attached hydrogen (secondary N) is 1. The lowest BCUT2D eigenvalue weighted by molar-refractivity contribution is 0.570. The smallest absolute Gasteiger partial charge is 0.210 e. The standard InChI is InChI=1S/C12H14N2O2S2/c15-18(16,8-9-5-6-13-7-9)12-14-10-3-1-2-4-11(10)17-12/h1-4,9,13H,5-8H2/t9-/m1/s1. The number of nitrogens with zero attached hydrogens (tertiary/aromatic N) is 1. The molecule has 0 amide bonds. The van der Waals surface area contributed by atoms with Gasteiger partial charge in [-0.1, -0.05) is 12.1 Å². The second-order valence-corrected chi connectivity index (χ2v) is 7.83. The minimum absolute atomic E-state index is 0.208. The molecule has 3 rings (SSSR count). The van der Waals surface area contributed by atoms with Crippen molar-refractivity contribution in [3.05, 3.63) is 24.3 Å². The lowest BCUT2D eigenvalue weighted by Crippen LogP contribution is -2.18. The van der Waals surface area contributed by atoms with Crippen LogP contribution >= 0.6 is 11.3 Å². The van der Waals surface area contributed by atoms with Crippen molar-refractivity contribution in [2.24, 2.45) is 5.92 Å². The lowest BCUT2D eigenvalue weighted by Gasteiger charge is -2.06. The van der Waals surface area contributed by atoms with Gasteiger partial charge in [0, 0.05) is 0 Å². The molecular formula is C12H14N2O2S2. The number of fused-ring (bicyclic) bond motifs is 1. The van der Waals surface area contributed by atoms with Gasteiger partial charge in [0.2, 0.25) is 14.2 Å². The van der Waals surface area contributed by atoms with Crippen molar-refractivity contribution in [2.75, 3.05) is 18.8 Å². The molecule has 1 fully saturated rings. The zero-order valence-corrected chi connectivity index (χ0v) is 11.4. The molecule has 1 aromatic heterocycles. The van der Waals surface area contributed by atoms with Crippen LogP contribution in [0.25, 0.3) is 10.2 Å². The van der Waals surface area contributed by atoms with E-state index in [1.807, 2.05) is 24.3 Å². The summed E-state index contributed by atoms with van der Waals surface area (Å²) in [4.78, 5) is 4.24. The first-order valence-electron chi connectivity index (χ1n) is 5.94. The summed E-state index contributed by atoms with van der Waals surface area (Å²) in [7, 11) is -3.24. The Hall–Kier alpha value is -0.980. The summed E-state index contributed by atoms with van der Waals surface area (Å²) in [6.07, 6.45) is 0.935. The maximum atomic E-state index is 12.3. The van der Waals surface area contributed by atoms with Crippen molar-refractivity contribution in [1.82, 2.24) is 10.3 Å². The van der Waals surface area contributed by atoms with Gasteiger partial charge in [-0.2, -0.15) is 0 Å². The molecule has 0 aliphatic carbocycles. The van der Waals surface area contributed by atoms with Crippen LogP contribution in [0.2, 0.25) is 0 Å². The first kappa shape index (κ1) is 12.1. The SMILES string of the molecule is O=S(=O)(C[C@@H]1CCNC1)c1nc2ccccc2s1. The van der Waals surface area contributed by atoms with Crippen molar-refractivity contribution in [2.45, 2.75) is 10.8 Å². The largest absolute Gasteiger partial charge is 0.316 e. The number of aromatic nitrogens is 1. The number of sulfone groups is 1. The van der Waals surface area contributed by atoms with Crippen LogP contribution in [-0.2, 0) is 9.84 Å². The highest BCUT2D eigenvalue weighted by Gasteiger charge is 2.26. The lowest BCUT2D eigenvalue weighted by atomic mass is 10.2. The first-order valence-corrected chi connectivity index (χ1v) is 8.41. The summed E-state index contributed by atoms with van der Waals surface area (Å²) in [5.41, 5.74) is 0.769. The molecule has 6 heteroatoms. The monoisotopic (exact) mass is 282 g/mol. The average Bonchev–Trinajstić information content (AvgIpc) is 2.96. The normalized spacial score (nSPS) is 20.6. The third-order valence-corrected chi connectivity index (χ3v) is 6.53. The van der Waals surface area contributed by atoms with Crippen molar-refractivity contribution < 1.29 is 8.42 Å². The molecule has 0 saturated carbocycles. The third-order valence-electron chi connectivity index (χ3n) is 3.16. The van der Waals surface area contributed by atoms with Crippen LogP contribution in [0.1, 0.15) is 6.42 Å². The summed E-state index contributed by atoms with van der Waals surface area (Å²) >= 11 is 1.27. The fourth-order valence-electron chi connectivity index (χ4n) is 2.22. The zero-order chi connectivity index (χ0) is 12.6. The summed E-state index contributed by atoms with van der Waals surface area (Å²) in [6.45, 7) is 1.71. The Morgan fingerprint density at radius 3 is 2.94 bits per heavy atom. The summed E-state index contributed by atoms with van der Waals surface area (Å²) in [5, 5.41) is 3.19. The van der Waals surface area contributed by atoms with Gasteiger partial charge >= 0.3 is 0 Å². The molecule has 1 atom stereocenters. The molecule has 0 unspecified atom stereocenters. The molecular weight excluding hydrogens is 268 g/mol. The van der Waals surface area contributed by atoms with Gasteiger partial charge in [-0.3, -0.25) is 0 Å². The Kier molecular flexibility index (Phi) is 3.09. The number of para-hydroxylation sites is 1. The van der Waals surface area contributed by atoms with Crippen molar-refractivity contribution >= 4 is 31.4 Å². The molecule has 96 valence electrons. The fourth-order valence-corrected chi connectivity index (χ4v) is 5.19. The van der Waals surface area contributed by atoms with E-state index in [1.54, 1.807) is 0 Å². The molecule has 0 radical (unpaired) electrons. The molecule has 4 nitrogen and oxygen atoms in total. The van der Waals surface area contributed by atoms with E-state index in [1.165, 1.54) is 11.3 Å². The van der Waals surface area contributed by atoms with E-state index >= 15 is 0 Å². The number of hydrogen-bond acceptors (Lipinski definition) is 5. The molecule has 1 saturated heterocycles. The molecule has 2 heterocycles. The number of rotatable bonds is 3. The molecule has 1 aliphatic heterocycles. The highest BCUT2D eigenvalue weighted by molar-refractivity contribution is 7.93. The van der Waals surface area contributed by atoms with Crippen LogP contribution in [-0.4, -0.2) is 32.2 Å². The minimum atomic E-state index is -3.24. The van der Waals surface area contributed by atoms with Crippen LogP contribution in [0, 0.1) is 5.92 Å². The Bertz CT molecular complexity index is 625. The number of thiazole rings is 1. The number of hydrogen-bond donors (Lipinski definition) is 1. The molecule has 0 bridgehead atoms. The fraction of sp³-hybridized carbons (Fsp3) is 0.417. The summed E-state index contributed by atoms with van der Waals surface area (Å²) in [5.74, 6) is 0.432. The third kappa shape index (κ3) is 2.28. The van der Waals surface area contributed by atoms with Crippen molar-refractivity contribution in [3.63, 3.8) is 0 Å². The van der Waals surface area contributed by atoms with Gasteiger partial charge in [0.25, 0.3) is 0 Å². The van der Waals surface area contributed by atoms with E-state index in [0.717, 1.165) is 29.7 Å². The molecule has 0 spiro atoms. The van der Waals surface area contributed by atoms with Crippen LogP contribution in [0.15, 0.2) is 28.6 Å². The van der Waals surface area contributed by atoms with Crippen LogP contribution in [0.5, 0.6) is 0 Å². The second-order valence-electron chi connectivity index (χ2n) is 4.59. The molecule has 2 aromatic rings. The maximum Gasteiger partial charge on any atom is 0.210 e. The zero-order valence-electron chi connectivity index (χ0n) is 9.80. The average molecular weight is 282 g/mol. The van der Waals surface area contributed by atoms with Gasteiger partial charge < -0.3 is 5.32 Å². The molecule has 1 aromatic carbocycles. The van der Waals surface area contributed by atoms with Crippen molar-refractivity contribution in [1.29, 1.82) is 0 Å². The van der Waals surface area contributed by atoms with Crippen molar-refractivity contribution in [3.8, 4) is 0 Å². The summed E-state index contributed by atoms with van der Waals surface area (Å²) in [6, 6.07) is 7.53. The van der Waals surface area contributed by atoms with Gasteiger partial charge in [-0.05, 0) is 37.6 Å². The van der Waals surface area contributed by atoms with Gasteiger partial charge in [-0.15, -0.1) is 11.3 Å². The van der Waals surface area contributed by atoms with Gasteiger partial charge in [0.1, 0.15) is 0 Å². The second kappa shape index (κ2) is 4.60. The molecule has 18 heavy (non-hydrogen) atoms. The summed E-state index contributed by atoms with van der Waals surface area (Å²) < 4.78 is 25.7. The van der Waals surface area contributed by atoms with Crippen LogP contribution in [0.3, 0.4) is 0 Å². The van der Waals surface area contributed by atoms with Crippen LogP contribution < -0.4 is 5.32 Å². The topological polar surface area (TPSA) is 59.1 Å². The van der Waals surface area contributed by atoms with E-state index in [9.17, 15) is 8.42 Å². The minimum Gasteiger partial charge on any atom is -0.316 e. The van der Waals surface area contributed by atoms with E-state index in [4.69, 9.17) is 0 Å². The Balaban J connectivity index is 1.92. The Morgan fingerprint density at radius 2 is 2.22 bits per heavy atom. The van der Waals surface area contributed by atoms with E-state index in [2.05, 4.69) is 10.3 Å². The molecule has 1 aliphatic rings. The Morgan fingerprint density at radius 1 is 1.39 bits per heavy atom. The predicted molar refractivity (Wildman–Crippen MR) is 72.6 cm³/mol. The quantitative estimate of drug-likeness (QED) is 0.930. The van der Waals surface area contributed by atoms with E-state index in [0.29, 0.717) is 0 Å². The van der Waals surface area contributed by atoms with Crippen LogP contribution in [0.4, 0.5) is 0 Å². The van der Waals surface area contributed by atoms with Gasteiger partial charge in [-0.25, -0.2) is 13.4 Å². The Labute approximate surface area is 110 Å². The number of benzene rings is 1. The van der Waals surface area contributed by atoms with Gasteiger partial charge in [0.15, 0.2) is 0 Å². The highest BCUT2D eigenvalue weighted by atomic mass is 32.2. The van der Waals surface area contributed by atoms with Gasteiger partial charge in [0.05, 0.1) is 16.0 Å². The molecule has 1 N–H and O–H groups in total. The highest BCUT2D eigenvalue weighted by Crippen LogP contribution is 2.27. The predicted octanol–water partition coefficient (Wildman–Crippen LogP) is 1.68.